The Bertz CT molecular complexity index is 413. The number of hydrogen-bond acceptors (Lipinski definition) is 4. The van der Waals surface area contributed by atoms with Crippen molar-refractivity contribution in [3.63, 3.8) is 0 Å². The van der Waals surface area contributed by atoms with Crippen molar-refractivity contribution < 1.29 is 14.3 Å². The molecule has 0 radical (unpaired) electrons. The van der Waals surface area contributed by atoms with Gasteiger partial charge in [-0.1, -0.05) is 11.6 Å². The van der Waals surface area contributed by atoms with E-state index < -0.39 is 0 Å². The van der Waals surface area contributed by atoms with Crippen LogP contribution in [0.2, 0.25) is 5.02 Å². The van der Waals surface area contributed by atoms with Crippen LogP contribution in [0.15, 0.2) is 18.2 Å². The van der Waals surface area contributed by atoms with Gasteiger partial charge in [-0.3, -0.25) is 4.79 Å². The Balaban J connectivity index is 2.21. The molecule has 0 unspecified atom stereocenters. The van der Waals surface area contributed by atoms with Crippen molar-refractivity contribution in [3.05, 3.63) is 23.2 Å². The van der Waals surface area contributed by atoms with E-state index in [0.29, 0.717) is 42.8 Å². The van der Waals surface area contributed by atoms with Crippen LogP contribution in [0.3, 0.4) is 0 Å². The van der Waals surface area contributed by atoms with Gasteiger partial charge in [-0.05, 0) is 25.1 Å². The highest BCUT2D eigenvalue weighted by Gasteiger charge is 2.04. The lowest BCUT2D eigenvalue weighted by Crippen LogP contribution is -2.15. The lowest BCUT2D eigenvalue weighted by Gasteiger charge is -2.07. The number of ether oxygens (including phenoxy) is 2. The second-order valence-corrected chi connectivity index (χ2v) is 4.25. The highest BCUT2D eigenvalue weighted by molar-refractivity contribution is 6.33. The molecule has 106 valence electrons. The zero-order valence-electron chi connectivity index (χ0n) is 10.9. The van der Waals surface area contributed by atoms with Crippen LogP contribution in [0, 0.1) is 0 Å². The summed E-state index contributed by atoms with van der Waals surface area (Å²) in [4.78, 5) is 11.6. The van der Waals surface area contributed by atoms with Crippen LogP contribution < -0.4 is 11.1 Å². The molecular formula is C13H19ClN2O3. The van der Waals surface area contributed by atoms with Crippen LogP contribution in [0.25, 0.3) is 0 Å². The van der Waals surface area contributed by atoms with Crippen molar-refractivity contribution in [1.29, 1.82) is 0 Å². The fraction of sp³-hybridized carbons (Fsp3) is 0.462. The summed E-state index contributed by atoms with van der Waals surface area (Å²) in [6, 6.07) is 4.97. The third kappa shape index (κ3) is 6.42. The van der Waals surface area contributed by atoms with Gasteiger partial charge in [0.1, 0.15) is 0 Å². The standard InChI is InChI=1S/C13H19ClN2O3/c1-2-18-7-8-19-6-5-13(17)16-10-3-4-11(14)12(15)9-10/h3-4,9H,2,5-8,15H2,1H3,(H,16,17). The maximum absolute atomic E-state index is 11.6. The second-order valence-electron chi connectivity index (χ2n) is 3.84. The molecule has 0 aliphatic rings. The molecule has 6 heteroatoms. The molecule has 0 bridgehead atoms. The monoisotopic (exact) mass is 286 g/mol. The van der Waals surface area contributed by atoms with Gasteiger partial charge in [0.2, 0.25) is 5.91 Å². The number of nitrogens with two attached hydrogens (primary N) is 1. The van der Waals surface area contributed by atoms with Gasteiger partial charge in [-0.2, -0.15) is 0 Å². The predicted octanol–water partition coefficient (Wildman–Crippen LogP) is 2.30. The lowest BCUT2D eigenvalue weighted by atomic mass is 10.2. The summed E-state index contributed by atoms with van der Waals surface area (Å²) in [5.41, 5.74) is 6.71. The average Bonchev–Trinajstić information content (AvgIpc) is 2.38. The molecule has 0 fully saturated rings. The number of carbonyl (C=O) groups is 1. The van der Waals surface area contributed by atoms with E-state index in [1.54, 1.807) is 18.2 Å². The first-order chi connectivity index (χ1) is 9.13. The molecule has 1 amide bonds. The molecule has 0 saturated heterocycles. The first kappa shape index (κ1) is 15.8. The number of benzene rings is 1. The van der Waals surface area contributed by atoms with E-state index in [1.165, 1.54) is 0 Å². The van der Waals surface area contributed by atoms with Gasteiger partial charge in [0.25, 0.3) is 0 Å². The largest absolute Gasteiger partial charge is 0.397 e. The van der Waals surface area contributed by atoms with Gasteiger partial charge in [-0.25, -0.2) is 0 Å². The Kier molecular flexibility index (Phi) is 7.25. The quantitative estimate of drug-likeness (QED) is 0.568. The van der Waals surface area contributed by atoms with E-state index in [9.17, 15) is 4.79 Å². The SMILES string of the molecule is CCOCCOCCC(=O)Nc1ccc(Cl)c(N)c1. The van der Waals surface area contributed by atoms with Gasteiger partial charge in [0, 0.05) is 12.3 Å². The number of amides is 1. The van der Waals surface area contributed by atoms with Crippen LogP contribution in [-0.4, -0.2) is 32.3 Å². The third-order valence-corrected chi connectivity index (χ3v) is 2.67. The number of rotatable bonds is 8. The zero-order chi connectivity index (χ0) is 14.1. The maximum atomic E-state index is 11.6. The van der Waals surface area contributed by atoms with Crippen molar-refractivity contribution >= 4 is 28.9 Å². The number of nitrogen functional groups attached to an aromatic ring is 1. The number of carbonyl (C=O) groups excluding carboxylic acids is 1. The molecule has 0 saturated carbocycles. The predicted molar refractivity (Wildman–Crippen MR) is 76.4 cm³/mol. The molecule has 0 aromatic heterocycles. The summed E-state index contributed by atoms with van der Waals surface area (Å²) in [5, 5.41) is 3.19. The topological polar surface area (TPSA) is 73.6 Å². The average molecular weight is 287 g/mol. The lowest BCUT2D eigenvalue weighted by molar-refractivity contribution is -0.117. The summed E-state index contributed by atoms with van der Waals surface area (Å²) < 4.78 is 10.4. The fourth-order valence-electron chi connectivity index (χ4n) is 1.37. The highest BCUT2D eigenvalue weighted by Crippen LogP contribution is 2.22. The first-order valence-corrected chi connectivity index (χ1v) is 6.51. The summed E-state index contributed by atoms with van der Waals surface area (Å²) in [7, 11) is 0. The summed E-state index contributed by atoms with van der Waals surface area (Å²) in [6.45, 7) is 4.00. The van der Waals surface area contributed by atoms with Crippen LogP contribution in [0.1, 0.15) is 13.3 Å². The number of hydrogen-bond donors (Lipinski definition) is 2. The molecule has 3 N–H and O–H groups in total. The van der Waals surface area contributed by atoms with Gasteiger partial charge < -0.3 is 20.5 Å². The zero-order valence-corrected chi connectivity index (χ0v) is 11.7. The van der Waals surface area contributed by atoms with Gasteiger partial charge in [0.15, 0.2) is 0 Å². The van der Waals surface area contributed by atoms with Crippen LogP contribution >= 0.6 is 11.6 Å². The summed E-state index contributed by atoms with van der Waals surface area (Å²) in [5.74, 6) is -0.127. The molecule has 0 heterocycles. The van der Waals surface area contributed by atoms with E-state index >= 15 is 0 Å². The first-order valence-electron chi connectivity index (χ1n) is 6.14. The maximum Gasteiger partial charge on any atom is 0.226 e. The molecule has 0 aliphatic carbocycles. The molecule has 1 aromatic rings. The van der Waals surface area contributed by atoms with E-state index in [0.717, 1.165) is 0 Å². The molecule has 0 spiro atoms. The summed E-state index contributed by atoms with van der Waals surface area (Å²) >= 11 is 5.79. The number of nitrogens with one attached hydrogen (secondary N) is 1. The van der Waals surface area contributed by atoms with Crippen molar-refractivity contribution in [1.82, 2.24) is 0 Å². The third-order valence-electron chi connectivity index (χ3n) is 2.33. The minimum atomic E-state index is -0.127. The molecule has 0 atom stereocenters. The van der Waals surface area contributed by atoms with E-state index in [2.05, 4.69) is 5.32 Å². The van der Waals surface area contributed by atoms with Crippen LogP contribution in [-0.2, 0) is 14.3 Å². The minimum Gasteiger partial charge on any atom is -0.397 e. The minimum absolute atomic E-state index is 0.127. The van der Waals surface area contributed by atoms with Crippen LogP contribution in [0.5, 0.6) is 0 Å². The molecular weight excluding hydrogens is 268 g/mol. The highest BCUT2D eigenvalue weighted by atomic mass is 35.5. The van der Waals surface area contributed by atoms with Crippen molar-refractivity contribution in [3.8, 4) is 0 Å². The molecule has 1 aromatic carbocycles. The van der Waals surface area contributed by atoms with E-state index in [-0.39, 0.29) is 12.3 Å². The van der Waals surface area contributed by atoms with E-state index in [1.807, 2.05) is 6.92 Å². The number of halogens is 1. The van der Waals surface area contributed by atoms with Gasteiger partial charge in [0.05, 0.1) is 37.0 Å². The Hall–Kier alpha value is -1.30. The Labute approximate surface area is 118 Å². The molecule has 1 rings (SSSR count). The summed E-state index contributed by atoms with van der Waals surface area (Å²) in [6.07, 6.45) is 0.286. The van der Waals surface area contributed by atoms with Crippen molar-refractivity contribution in [2.24, 2.45) is 0 Å². The molecule has 5 nitrogen and oxygen atoms in total. The Morgan fingerprint density at radius 3 is 2.74 bits per heavy atom. The smallest absolute Gasteiger partial charge is 0.226 e. The van der Waals surface area contributed by atoms with Gasteiger partial charge in [-0.15, -0.1) is 0 Å². The molecule has 0 aliphatic heterocycles. The van der Waals surface area contributed by atoms with Gasteiger partial charge >= 0.3 is 0 Å². The van der Waals surface area contributed by atoms with Crippen molar-refractivity contribution in [2.75, 3.05) is 37.5 Å². The Morgan fingerprint density at radius 1 is 1.32 bits per heavy atom. The fourth-order valence-corrected chi connectivity index (χ4v) is 1.49. The normalized spacial score (nSPS) is 10.4. The van der Waals surface area contributed by atoms with Crippen molar-refractivity contribution in [2.45, 2.75) is 13.3 Å². The number of anilines is 2. The van der Waals surface area contributed by atoms with Crippen LogP contribution in [0.4, 0.5) is 11.4 Å². The van der Waals surface area contributed by atoms with E-state index in [4.69, 9.17) is 26.8 Å². The second kappa shape index (κ2) is 8.74. The molecule has 19 heavy (non-hydrogen) atoms. The Morgan fingerprint density at radius 2 is 2.05 bits per heavy atom.